The first-order chi connectivity index (χ1) is 12.3. The van der Waals surface area contributed by atoms with Crippen LogP contribution in [0.5, 0.6) is 0 Å². The van der Waals surface area contributed by atoms with Crippen LogP contribution >= 0.6 is 0 Å². The van der Waals surface area contributed by atoms with E-state index in [1.807, 2.05) is 26.8 Å². The number of piperidine rings is 1. The van der Waals surface area contributed by atoms with E-state index in [0.29, 0.717) is 30.2 Å². The van der Waals surface area contributed by atoms with E-state index in [4.69, 9.17) is 0 Å². The van der Waals surface area contributed by atoms with E-state index in [-0.39, 0.29) is 12.1 Å². The number of anilines is 1. The molecule has 2 bridgehead atoms. The molecule has 3 fully saturated rings. The minimum absolute atomic E-state index is 0.0159. The zero-order valence-electron chi connectivity index (χ0n) is 15.5. The van der Waals surface area contributed by atoms with Crippen LogP contribution in [0.3, 0.4) is 0 Å². The number of hydrogen-bond acceptors (Lipinski definition) is 6. The van der Waals surface area contributed by atoms with Crippen LogP contribution < -0.4 is 4.90 Å². The van der Waals surface area contributed by atoms with Crippen molar-refractivity contribution in [1.29, 1.82) is 0 Å². The molecule has 3 aliphatic heterocycles. The number of aromatic nitrogens is 4. The molecule has 140 valence electrons. The van der Waals surface area contributed by atoms with Crippen molar-refractivity contribution in [1.82, 2.24) is 24.1 Å². The molecule has 0 N–H and O–H groups in total. The third-order valence-electron chi connectivity index (χ3n) is 5.36. The Hall–Kier alpha value is -2.00. The average Bonchev–Trinajstić information content (AvgIpc) is 2.88. The monoisotopic (exact) mass is 376 g/mol. The lowest BCUT2D eigenvalue weighted by Gasteiger charge is -2.55. The van der Waals surface area contributed by atoms with E-state index in [0.717, 1.165) is 23.8 Å². The quantitative estimate of drug-likeness (QED) is 0.799. The van der Waals surface area contributed by atoms with Crippen LogP contribution in [0.4, 0.5) is 5.82 Å². The highest BCUT2D eigenvalue weighted by atomic mass is 32.2. The Morgan fingerprint density at radius 1 is 1.19 bits per heavy atom. The van der Waals surface area contributed by atoms with Gasteiger partial charge < -0.3 is 4.90 Å². The minimum Gasteiger partial charge on any atom is -0.353 e. The van der Waals surface area contributed by atoms with Crippen molar-refractivity contribution < 1.29 is 8.42 Å². The molecule has 2 unspecified atom stereocenters. The third kappa shape index (κ3) is 2.52. The van der Waals surface area contributed by atoms with Crippen molar-refractivity contribution in [3.63, 3.8) is 0 Å². The molecule has 2 aromatic heterocycles. The van der Waals surface area contributed by atoms with E-state index in [9.17, 15) is 8.42 Å². The molecule has 3 saturated heterocycles. The molecule has 0 saturated carbocycles. The fourth-order valence-electron chi connectivity index (χ4n) is 4.24. The highest BCUT2D eigenvalue weighted by Crippen LogP contribution is 2.39. The van der Waals surface area contributed by atoms with Gasteiger partial charge in [0.05, 0.1) is 11.4 Å². The van der Waals surface area contributed by atoms with Crippen molar-refractivity contribution >= 4 is 15.8 Å². The van der Waals surface area contributed by atoms with E-state index >= 15 is 0 Å². The molecular formula is C17H24N6O2S. The van der Waals surface area contributed by atoms with Gasteiger partial charge >= 0.3 is 0 Å². The lowest BCUT2D eigenvalue weighted by Crippen LogP contribution is -2.70. The summed E-state index contributed by atoms with van der Waals surface area (Å²) >= 11 is 0. The second kappa shape index (κ2) is 6.02. The van der Waals surface area contributed by atoms with E-state index in [1.165, 1.54) is 0 Å². The number of fused-ring (bicyclic) bond motifs is 2. The van der Waals surface area contributed by atoms with Crippen molar-refractivity contribution in [2.45, 2.75) is 57.6 Å². The van der Waals surface area contributed by atoms with E-state index in [2.05, 4.69) is 20.0 Å². The molecule has 0 aliphatic carbocycles. The predicted octanol–water partition coefficient (Wildman–Crippen LogP) is 1.27. The summed E-state index contributed by atoms with van der Waals surface area (Å²) in [5.74, 6) is 1.60. The summed E-state index contributed by atoms with van der Waals surface area (Å²) in [6.07, 6.45) is 2.65. The van der Waals surface area contributed by atoms with Gasteiger partial charge in [-0.25, -0.2) is 18.4 Å². The lowest BCUT2D eigenvalue weighted by atomic mass is 9.91. The van der Waals surface area contributed by atoms with Crippen LogP contribution in [0.1, 0.15) is 30.6 Å². The second-order valence-electron chi connectivity index (χ2n) is 7.06. The van der Waals surface area contributed by atoms with Gasteiger partial charge in [-0.1, -0.05) is 0 Å². The average molecular weight is 376 g/mol. The lowest BCUT2D eigenvalue weighted by molar-refractivity contribution is 0.0873. The van der Waals surface area contributed by atoms with Crippen LogP contribution in [-0.4, -0.2) is 57.6 Å². The SMILES string of the molecule is CCn1nc(C)c(S(=O)(=O)N2C3CC2CN(c2ccnc(C)n2)C3)c1C. The molecule has 3 aliphatic rings. The summed E-state index contributed by atoms with van der Waals surface area (Å²) in [5, 5.41) is 4.39. The van der Waals surface area contributed by atoms with Crippen molar-refractivity contribution in [3.8, 4) is 0 Å². The van der Waals surface area contributed by atoms with Gasteiger partial charge in [0.2, 0.25) is 10.0 Å². The molecule has 26 heavy (non-hydrogen) atoms. The Bertz CT molecular complexity index is 942. The minimum atomic E-state index is -3.54. The summed E-state index contributed by atoms with van der Waals surface area (Å²) in [6, 6.07) is 1.85. The third-order valence-corrected chi connectivity index (χ3v) is 7.62. The molecule has 0 radical (unpaired) electrons. The van der Waals surface area contributed by atoms with Gasteiger partial charge in [-0.3, -0.25) is 4.68 Å². The smallest absolute Gasteiger partial charge is 0.247 e. The normalized spacial score (nSPS) is 23.2. The predicted molar refractivity (Wildman–Crippen MR) is 97.6 cm³/mol. The fraction of sp³-hybridized carbons (Fsp3) is 0.588. The molecule has 0 amide bonds. The van der Waals surface area contributed by atoms with E-state index < -0.39 is 10.0 Å². The molecule has 8 nitrogen and oxygen atoms in total. The molecular weight excluding hydrogens is 352 g/mol. The summed E-state index contributed by atoms with van der Waals surface area (Å²) in [4.78, 5) is 11.1. The molecule has 9 heteroatoms. The molecule has 5 heterocycles. The van der Waals surface area contributed by atoms with Gasteiger partial charge in [0.1, 0.15) is 16.5 Å². The van der Waals surface area contributed by atoms with Crippen molar-refractivity contribution in [2.24, 2.45) is 0 Å². The van der Waals surface area contributed by atoms with Crippen LogP contribution in [0, 0.1) is 20.8 Å². The summed E-state index contributed by atoms with van der Waals surface area (Å²) in [6.45, 7) is 9.42. The van der Waals surface area contributed by atoms with Crippen LogP contribution in [0.25, 0.3) is 0 Å². The highest BCUT2D eigenvalue weighted by molar-refractivity contribution is 7.89. The maximum Gasteiger partial charge on any atom is 0.247 e. The van der Waals surface area contributed by atoms with Gasteiger partial charge in [-0.05, 0) is 40.2 Å². The summed E-state index contributed by atoms with van der Waals surface area (Å²) in [7, 11) is -3.54. The molecule has 0 spiro atoms. The summed E-state index contributed by atoms with van der Waals surface area (Å²) < 4.78 is 30.1. The second-order valence-corrected chi connectivity index (χ2v) is 8.84. The topological polar surface area (TPSA) is 84.2 Å². The first-order valence-electron chi connectivity index (χ1n) is 8.95. The Morgan fingerprint density at radius 3 is 2.46 bits per heavy atom. The number of rotatable bonds is 4. The maximum absolute atomic E-state index is 13.3. The number of piperazine rings is 1. The zero-order chi connectivity index (χ0) is 18.6. The zero-order valence-corrected chi connectivity index (χ0v) is 16.4. The molecule has 0 aromatic carbocycles. The van der Waals surface area contributed by atoms with Gasteiger partial charge in [0.25, 0.3) is 0 Å². The molecule has 2 atom stereocenters. The van der Waals surface area contributed by atoms with E-state index in [1.54, 1.807) is 22.1 Å². The number of aryl methyl sites for hydroxylation is 3. The van der Waals surface area contributed by atoms with Gasteiger partial charge in [0.15, 0.2) is 0 Å². The highest BCUT2D eigenvalue weighted by Gasteiger charge is 2.52. The Balaban J connectivity index is 1.61. The Morgan fingerprint density at radius 2 is 1.88 bits per heavy atom. The van der Waals surface area contributed by atoms with Crippen LogP contribution in [-0.2, 0) is 16.6 Å². The first-order valence-corrected chi connectivity index (χ1v) is 10.4. The van der Waals surface area contributed by atoms with Gasteiger partial charge in [-0.2, -0.15) is 9.40 Å². The van der Waals surface area contributed by atoms with Crippen molar-refractivity contribution in [2.75, 3.05) is 18.0 Å². The molecule has 2 aromatic rings. The Kier molecular flexibility index (Phi) is 4.03. The number of nitrogens with zero attached hydrogens (tertiary/aromatic N) is 6. The largest absolute Gasteiger partial charge is 0.353 e. The standard InChI is InChI=1S/C17H24N6O2S/c1-5-22-12(3)17(11(2)20-22)26(24,25)23-14-8-15(23)10-21(9-14)16-6-7-18-13(4)19-16/h6-7,14-15H,5,8-10H2,1-4H3. The number of sulfonamides is 1. The van der Waals surface area contributed by atoms with Gasteiger partial charge in [-0.15, -0.1) is 0 Å². The number of hydrogen-bond donors (Lipinski definition) is 0. The van der Waals surface area contributed by atoms with Gasteiger partial charge in [0, 0.05) is 37.9 Å². The molecule has 5 rings (SSSR count). The summed E-state index contributed by atoms with van der Waals surface area (Å²) in [5.41, 5.74) is 1.30. The first kappa shape index (κ1) is 17.4. The van der Waals surface area contributed by atoms with Crippen molar-refractivity contribution in [3.05, 3.63) is 29.5 Å². The van der Waals surface area contributed by atoms with Crippen LogP contribution in [0.2, 0.25) is 0 Å². The fourth-order valence-corrected chi connectivity index (χ4v) is 6.44. The van der Waals surface area contributed by atoms with Crippen LogP contribution in [0.15, 0.2) is 17.2 Å². The maximum atomic E-state index is 13.3. The Labute approximate surface area is 153 Å².